The highest BCUT2D eigenvalue weighted by molar-refractivity contribution is 6.28. The number of nitrogens with zero attached hydrogens (tertiary/aromatic N) is 2. The average Bonchev–Trinajstić information content (AvgIpc) is 3.11. The summed E-state index contributed by atoms with van der Waals surface area (Å²) in [4.78, 5) is 15.8. The zero-order chi connectivity index (χ0) is 19.4. The van der Waals surface area contributed by atoms with Gasteiger partial charge in [-0.05, 0) is 38.7 Å². The van der Waals surface area contributed by atoms with Gasteiger partial charge in [0.15, 0.2) is 11.5 Å². The molecule has 28 heavy (non-hydrogen) atoms. The fraction of sp³-hybridized carbons (Fsp3) is 0.391. The first-order valence-corrected chi connectivity index (χ1v) is 10.2. The molecule has 5 heteroatoms. The first kappa shape index (κ1) is 17.3. The van der Waals surface area contributed by atoms with Crippen LogP contribution in [0.1, 0.15) is 49.5 Å². The molecule has 144 valence electrons. The molecule has 2 aliphatic rings. The predicted octanol–water partition coefficient (Wildman–Crippen LogP) is 5.10. The number of carbonyl (C=O) groups excluding carboxylic acids is 1. The topological polar surface area (TPSA) is 58.4 Å². The summed E-state index contributed by atoms with van der Waals surface area (Å²) in [6.07, 6.45) is 2.43. The maximum absolute atomic E-state index is 13.4. The quantitative estimate of drug-likeness (QED) is 0.540. The average molecular weight is 375 g/mol. The van der Waals surface area contributed by atoms with E-state index in [9.17, 15) is 4.79 Å². The molecule has 2 heterocycles. The number of aromatic nitrogens is 1. The summed E-state index contributed by atoms with van der Waals surface area (Å²) in [5.74, 6) is 1.39. The van der Waals surface area contributed by atoms with E-state index in [-0.39, 0.29) is 11.8 Å². The first-order chi connectivity index (χ1) is 13.5. The molecule has 0 radical (unpaired) electrons. The maximum Gasteiger partial charge on any atom is 0.196 e. The van der Waals surface area contributed by atoms with E-state index in [1.807, 2.05) is 24.3 Å². The number of benzene rings is 2. The number of rotatable bonds is 3. The SMILES string of the molecule is CC(C)Nc1cc(N2CCC[C@H](C)C2)c2noc3c2c1C(=O)c1ccccc1-3. The van der Waals surface area contributed by atoms with E-state index in [0.717, 1.165) is 40.9 Å². The Kier molecular flexibility index (Phi) is 3.93. The molecule has 1 aliphatic heterocycles. The van der Waals surface area contributed by atoms with Crippen LogP contribution in [0.15, 0.2) is 34.9 Å². The van der Waals surface area contributed by atoms with Gasteiger partial charge in [0.2, 0.25) is 0 Å². The molecule has 0 amide bonds. The lowest BCUT2D eigenvalue weighted by Crippen LogP contribution is -2.34. The molecular formula is C23H25N3O2. The Balaban J connectivity index is 1.80. The Hall–Kier alpha value is -2.82. The van der Waals surface area contributed by atoms with Gasteiger partial charge in [-0.15, -0.1) is 0 Å². The second kappa shape index (κ2) is 6.36. The van der Waals surface area contributed by atoms with Crippen molar-refractivity contribution in [1.82, 2.24) is 5.16 Å². The predicted molar refractivity (Wildman–Crippen MR) is 112 cm³/mol. The van der Waals surface area contributed by atoms with Crippen molar-refractivity contribution in [1.29, 1.82) is 0 Å². The van der Waals surface area contributed by atoms with Crippen molar-refractivity contribution in [3.05, 3.63) is 41.5 Å². The van der Waals surface area contributed by atoms with Crippen molar-refractivity contribution in [3.8, 4) is 11.3 Å². The maximum atomic E-state index is 13.4. The Morgan fingerprint density at radius 1 is 1.25 bits per heavy atom. The minimum atomic E-state index is 0.0398. The van der Waals surface area contributed by atoms with E-state index in [0.29, 0.717) is 22.8 Å². The Morgan fingerprint density at radius 2 is 2.04 bits per heavy atom. The van der Waals surface area contributed by atoms with Gasteiger partial charge < -0.3 is 14.7 Å². The third-order valence-corrected chi connectivity index (χ3v) is 5.82. The lowest BCUT2D eigenvalue weighted by molar-refractivity contribution is 0.104. The molecule has 3 aromatic rings. The van der Waals surface area contributed by atoms with E-state index in [1.165, 1.54) is 12.8 Å². The van der Waals surface area contributed by atoms with Gasteiger partial charge in [-0.3, -0.25) is 4.79 Å². The minimum Gasteiger partial charge on any atom is -0.382 e. The first-order valence-electron chi connectivity index (χ1n) is 10.2. The third-order valence-electron chi connectivity index (χ3n) is 5.82. The second-order valence-corrected chi connectivity index (χ2v) is 8.42. The van der Waals surface area contributed by atoms with Gasteiger partial charge in [-0.25, -0.2) is 0 Å². The van der Waals surface area contributed by atoms with Gasteiger partial charge in [0.1, 0.15) is 5.52 Å². The summed E-state index contributed by atoms with van der Waals surface area (Å²) < 4.78 is 5.83. The Bertz CT molecular complexity index is 1080. The van der Waals surface area contributed by atoms with Crippen LogP contribution >= 0.6 is 0 Å². The summed E-state index contributed by atoms with van der Waals surface area (Å²) in [6.45, 7) is 8.49. The van der Waals surface area contributed by atoms with Gasteiger partial charge in [0, 0.05) is 35.9 Å². The fourth-order valence-corrected chi connectivity index (χ4v) is 4.62. The zero-order valence-electron chi connectivity index (χ0n) is 16.6. The summed E-state index contributed by atoms with van der Waals surface area (Å²) >= 11 is 0. The monoisotopic (exact) mass is 375 g/mol. The molecule has 5 rings (SSSR count). The zero-order valence-corrected chi connectivity index (χ0v) is 16.6. The van der Waals surface area contributed by atoms with Gasteiger partial charge in [-0.1, -0.05) is 36.3 Å². The summed E-state index contributed by atoms with van der Waals surface area (Å²) in [6, 6.07) is 9.97. The van der Waals surface area contributed by atoms with Crippen LogP contribution in [0.5, 0.6) is 0 Å². The van der Waals surface area contributed by atoms with Crippen LogP contribution in [0.4, 0.5) is 11.4 Å². The molecule has 1 fully saturated rings. The smallest absolute Gasteiger partial charge is 0.196 e. The molecule has 2 aromatic carbocycles. The third kappa shape index (κ3) is 2.53. The second-order valence-electron chi connectivity index (χ2n) is 8.42. The van der Waals surface area contributed by atoms with Crippen molar-refractivity contribution in [2.24, 2.45) is 5.92 Å². The molecule has 0 saturated carbocycles. The number of piperidine rings is 1. The van der Waals surface area contributed by atoms with Crippen LogP contribution in [0.25, 0.3) is 22.2 Å². The number of nitrogens with one attached hydrogen (secondary N) is 1. The molecule has 1 saturated heterocycles. The lowest BCUT2D eigenvalue weighted by atomic mass is 9.86. The number of ketones is 1. The summed E-state index contributed by atoms with van der Waals surface area (Å²) in [5.41, 5.74) is 4.94. The van der Waals surface area contributed by atoms with Gasteiger partial charge >= 0.3 is 0 Å². The Morgan fingerprint density at radius 3 is 2.79 bits per heavy atom. The standard InChI is InChI=1S/C23H25N3O2/c1-13(2)24-17-11-18(26-10-6-7-14(3)12-26)21-20-19(17)22(27)15-8-4-5-9-16(15)23(20)28-25-21/h4-5,8-9,11,13-14,24H,6-7,10,12H2,1-3H3/t14-/m0/s1. The fourth-order valence-electron chi connectivity index (χ4n) is 4.62. The highest BCUT2D eigenvalue weighted by Crippen LogP contribution is 2.46. The molecule has 0 spiro atoms. The van der Waals surface area contributed by atoms with Crippen LogP contribution in [0.3, 0.4) is 0 Å². The molecule has 1 aliphatic carbocycles. The van der Waals surface area contributed by atoms with E-state index in [2.05, 4.69) is 42.2 Å². The molecule has 0 unspecified atom stereocenters. The summed E-state index contributed by atoms with van der Waals surface area (Å²) in [5, 5.41) is 8.80. The normalized spacial score (nSPS) is 18.6. The Labute approximate surface area is 164 Å². The highest BCUT2D eigenvalue weighted by atomic mass is 16.5. The number of anilines is 2. The van der Waals surface area contributed by atoms with Crippen LogP contribution in [-0.4, -0.2) is 30.1 Å². The van der Waals surface area contributed by atoms with Crippen molar-refractivity contribution in [3.63, 3.8) is 0 Å². The summed E-state index contributed by atoms with van der Waals surface area (Å²) in [7, 11) is 0. The van der Waals surface area contributed by atoms with Crippen molar-refractivity contribution < 1.29 is 9.32 Å². The number of hydrogen-bond donors (Lipinski definition) is 1. The van der Waals surface area contributed by atoms with Crippen LogP contribution < -0.4 is 10.2 Å². The van der Waals surface area contributed by atoms with Crippen molar-refractivity contribution >= 4 is 28.1 Å². The van der Waals surface area contributed by atoms with Crippen molar-refractivity contribution in [2.75, 3.05) is 23.3 Å². The van der Waals surface area contributed by atoms with Crippen LogP contribution in [0.2, 0.25) is 0 Å². The molecule has 5 nitrogen and oxygen atoms in total. The lowest BCUT2D eigenvalue weighted by Gasteiger charge is -2.33. The molecule has 1 N–H and O–H groups in total. The van der Waals surface area contributed by atoms with Gasteiger partial charge in [0.25, 0.3) is 0 Å². The molecule has 0 bridgehead atoms. The molecule has 1 aromatic heterocycles. The van der Waals surface area contributed by atoms with Gasteiger partial charge in [-0.2, -0.15) is 0 Å². The highest BCUT2D eigenvalue weighted by Gasteiger charge is 2.34. The van der Waals surface area contributed by atoms with E-state index >= 15 is 0 Å². The molecular weight excluding hydrogens is 350 g/mol. The largest absolute Gasteiger partial charge is 0.382 e. The number of carbonyl (C=O) groups is 1. The molecule has 1 atom stereocenters. The van der Waals surface area contributed by atoms with Crippen LogP contribution in [0, 0.1) is 5.92 Å². The van der Waals surface area contributed by atoms with Crippen LogP contribution in [-0.2, 0) is 0 Å². The van der Waals surface area contributed by atoms with E-state index in [4.69, 9.17) is 4.52 Å². The number of fused-ring (bicyclic) bond motifs is 2. The van der Waals surface area contributed by atoms with E-state index < -0.39 is 0 Å². The van der Waals surface area contributed by atoms with Crippen molar-refractivity contribution in [2.45, 2.75) is 39.7 Å². The van der Waals surface area contributed by atoms with Gasteiger partial charge in [0.05, 0.1) is 16.6 Å². The van der Waals surface area contributed by atoms with E-state index in [1.54, 1.807) is 0 Å². The minimum absolute atomic E-state index is 0.0398. The number of hydrogen-bond acceptors (Lipinski definition) is 5.